The number of amides is 5. The minimum atomic E-state index is -0.714. The van der Waals surface area contributed by atoms with Gasteiger partial charge in [0.2, 0.25) is 17.7 Å². The number of hydrogen-bond acceptors (Lipinski definition) is 13. The number of nitrogens with zero attached hydrogens (tertiary/aromatic N) is 1. The van der Waals surface area contributed by atoms with Crippen molar-refractivity contribution in [1.29, 1.82) is 0 Å². The van der Waals surface area contributed by atoms with Crippen LogP contribution in [-0.4, -0.2) is 151 Å². The zero-order valence-electron chi connectivity index (χ0n) is 34.6. The van der Waals surface area contributed by atoms with E-state index >= 15 is 0 Å². The number of hydrogen-bond donors (Lipinski definition) is 5. The third-order valence-corrected chi connectivity index (χ3v) is 11.9. The number of methoxy groups -OCH3 is 1. The number of nitrogens with one attached hydrogen (secondary N) is 4. The van der Waals surface area contributed by atoms with Crippen molar-refractivity contribution in [2.75, 3.05) is 104 Å². The Hall–Kier alpha value is -4.17. The van der Waals surface area contributed by atoms with E-state index in [-0.39, 0.29) is 29.9 Å². The van der Waals surface area contributed by atoms with Gasteiger partial charge in [-0.3, -0.25) is 19.3 Å². The number of fused-ring (bicyclic) bond motifs is 1. The Morgan fingerprint density at radius 2 is 1.43 bits per heavy atom. The lowest BCUT2D eigenvalue weighted by atomic mass is 10.0. The zero-order chi connectivity index (χ0) is 42.4. The van der Waals surface area contributed by atoms with E-state index < -0.39 is 18.0 Å². The second-order valence-corrected chi connectivity index (χ2v) is 15.9. The summed E-state index contributed by atoms with van der Waals surface area (Å²) in [6, 6.07) is 13.5. The van der Waals surface area contributed by atoms with Gasteiger partial charge in [-0.1, -0.05) is 18.6 Å². The minimum absolute atomic E-state index is 0.0312. The Labute approximate surface area is 356 Å². The average Bonchev–Trinajstić information content (AvgIpc) is 3.98. The van der Waals surface area contributed by atoms with Crippen LogP contribution in [0.1, 0.15) is 50.1 Å². The van der Waals surface area contributed by atoms with Crippen molar-refractivity contribution in [2.45, 2.75) is 67.9 Å². The van der Waals surface area contributed by atoms with Crippen molar-refractivity contribution in [3.05, 3.63) is 54.1 Å². The second-order valence-electron chi connectivity index (χ2n) is 14.6. The summed E-state index contributed by atoms with van der Waals surface area (Å²) in [4.78, 5) is 51.3. The van der Waals surface area contributed by atoms with Crippen LogP contribution in [-0.2, 0) is 38.1 Å². The van der Waals surface area contributed by atoms with Gasteiger partial charge in [0.15, 0.2) is 0 Å². The lowest BCUT2D eigenvalue weighted by Crippen LogP contribution is -2.46. The number of ether oxygens (including phenoxy) is 7. The van der Waals surface area contributed by atoms with Gasteiger partial charge in [-0.05, 0) is 67.6 Å². The molecule has 3 saturated heterocycles. The molecule has 0 aliphatic carbocycles. The SMILES string of the molecule is COc1ccc(NC(=O)[C@H](c2ccc(OCCOCCOCCOCCOCCOCCNC(=O)CCCC[C@@H]3SC[C@@H]4NC(=O)N[C@@H]43)cc2)N2CCCC2C(N)=O)cc1. The molecule has 0 spiro atoms. The number of anilines is 1. The highest BCUT2D eigenvalue weighted by Gasteiger charge is 2.42. The molecule has 60 heavy (non-hydrogen) atoms. The van der Waals surface area contributed by atoms with Gasteiger partial charge in [-0.2, -0.15) is 11.8 Å². The van der Waals surface area contributed by atoms with E-state index in [4.69, 9.17) is 38.9 Å². The van der Waals surface area contributed by atoms with Crippen LogP contribution in [0.4, 0.5) is 10.5 Å². The molecule has 0 aromatic heterocycles. The molecule has 3 aliphatic heterocycles. The molecule has 0 saturated carbocycles. The van der Waals surface area contributed by atoms with Gasteiger partial charge in [0, 0.05) is 36.2 Å². The average molecular weight is 859 g/mol. The number of benzene rings is 2. The third kappa shape index (κ3) is 15.7. The monoisotopic (exact) mass is 858 g/mol. The first-order chi connectivity index (χ1) is 29.3. The number of rotatable bonds is 30. The Morgan fingerprint density at radius 3 is 2.07 bits per heavy atom. The molecule has 18 heteroatoms. The van der Waals surface area contributed by atoms with Crippen LogP contribution in [0.5, 0.6) is 11.5 Å². The van der Waals surface area contributed by atoms with Crippen molar-refractivity contribution in [3.63, 3.8) is 0 Å². The molecule has 6 N–H and O–H groups in total. The number of thioether (sulfide) groups is 1. The number of carbonyl (C=O) groups is 4. The molecular weight excluding hydrogens is 797 g/mol. The number of unbranched alkanes of at least 4 members (excludes halogenated alkanes) is 1. The van der Waals surface area contributed by atoms with E-state index in [1.807, 2.05) is 28.8 Å². The highest BCUT2D eigenvalue weighted by atomic mass is 32.2. The Kier molecular flexibility index (Phi) is 20.5. The lowest BCUT2D eigenvalue weighted by Gasteiger charge is -2.31. The fourth-order valence-electron chi connectivity index (χ4n) is 7.35. The highest BCUT2D eigenvalue weighted by Crippen LogP contribution is 2.34. The summed E-state index contributed by atoms with van der Waals surface area (Å²) in [7, 11) is 1.58. The number of carbonyl (C=O) groups excluding carboxylic acids is 4. The van der Waals surface area contributed by atoms with Gasteiger partial charge in [0.05, 0.1) is 91.3 Å². The van der Waals surface area contributed by atoms with E-state index in [0.29, 0.717) is 121 Å². The van der Waals surface area contributed by atoms with Gasteiger partial charge < -0.3 is 60.2 Å². The molecule has 3 aliphatic rings. The predicted octanol–water partition coefficient (Wildman–Crippen LogP) is 2.63. The predicted molar refractivity (Wildman–Crippen MR) is 226 cm³/mol. The highest BCUT2D eigenvalue weighted by molar-refractivity contribution is 8.00. The fourth-order valence-corrected chi connectivity index (χ4v) is 8.90. The molecule has 2 aromatic carbocycles. The Balaban J connectivity index is 0.809. The van der Waals surface area contributed by atoms with Crippen molar-refractivity contribution < 1.29 is 52.3 Å². The Bertz CT molecular complexity index is 1610. The van der Waals surface area contributed by atoms with Crippen molar-refractivity contribution >= 4 is 41.2 Å². The maximum absolute atomic E-state index is 13.6. The van der Waals surface area contributed by atoms with Crippen LogP contribution in [0, 0.1) is 0 Å². The second kappa shape index (κ2) is 26.2. The summed E-state index contributed by atoms with van der Waals surface area (Å²) in [5.74, 6) is 1.59. The van der Waals surface area contributed by atoms with Crippen LogP contribution in [0.25, 0.3) is 0 Å². The van der Waals surface area contributed by atoms with Crippen LogP contribution < -0.4 is 36.5 Å². The van der Waals surface area contributed by atoms with Gasteiger partial charge in [-0.25, -0.2) is 4.79 Å². The summed E-state index contributed by atoms with van der Waals surface area (Å²) in [5.41, 5.74) is 7.05. The van der Waals surface area contributed by atoms with E-state index in [2.05, 4.69) is 21.3 Å². The molecule has 1 unspecified atom stereocenters. The van der Waals surface area contributed by atoms with Crippen molar-refractivity contribution in [2.24, 2.45) is 5.73 Å². The minimum Gasteiger partial charge on any atom is -0.497 e. The topological polar surface area (TPSA) is 210 Å². The van der Waals surface area contributed by atoms with E-state index in [9.17, 15) is 19.2 Å². The number of likely N-dealkylation sites (tertiary alicyclic amines) is 1. The maximum atomic E-state index is 13.6. The van der Waals surface area contributed by atoms with E-state index in [0.717, 1.165) is 37.0 Å². The van der Waals surface area contributed by atoms with Crippen LogP contribution in [0.3, 0.4) is 0 Å². The fraction of sp³-hybridized carbons (Fsp3) is 0.619. The number of primary amides is 1. The molecule has 5 amide bonds. The van der Waals surface area contributed by atoms with Gasteiger partial charge in [0.1, 0.15) is 24.1 Å². The summed E-state index contributed by atoms with van der Waals surface area (Å²) >= 11 is 1.90. The van der Waals surface area contributed by atoms with Gasteiger partial charge >= 0.3 is 6.03 Å². The van der Waals surface area contributed by atoms with Crippen LogP contribution in [0.2, 0.25) is 0 Å². The first-order valence-corrected chi connectivity index (χ1v) is 21.9. The van der Waals surface area contributed by atoms with Gasteiger partial charge in [-0.15, -0.1) is 0 Å². The molecular formula is C42H62N6O11S. The smallest absolute Gasteiger partial charge is 0.315 e. The molecule has 332 valence electrons. The van der Waals surface area contributed by atoms with Gasteiger partial charge in [0.25, 0.3) is 0 Å². The lowest BCUT2D eigenvalue weighted by molar-refractivity contribution is -0.127. The Morgan fingerprint density at radius 1 is 0.817 bits per heavy atom. The molecule has 0 bridgehead atoms. The molecule has 0 radical (unpaired) electrons. The molecule has 17 nitrogen and oxygen atoms in total. The summed E-state index contributed by atoms with van der Waals surface area (Å²) < 4.78 is 38.8. The molecule has 5 atom stereocenters. The van der Waals surface area contributed by atoms with Crippen LogP contribution >= 0.6 is 11.8 Å². The molecule has 5 rings (SSSR count). The standard InChI is InChI=1S/C42H62N6O11S/c1-53-32-14-10-31(11-15-32)45-41(51)39(48-17-4-5-35(48)40(43)50)30-8-12-33(13-9-30)59-28-27-58-26-25-57-24-23-56-22-21-55-20-19-54-18-16-44-37(49)7-3-2-6-36-38-34(29-60-36)46-42(52)47-38/h8-15,34-36,38-39H,2-7,16-29H2,1H3,(H2,43,50)(H,44,49)(H,45,51)(H2,46,47,52)/t34-,35?,36-,38-,39-/m0/s1. The first kappa shape index (κ1) is 46.9. The summed E-state index contributed by atoms with van der Waals surface area (Å²) in [5, 5.41) is 12.2. The summed E-state index contributed by atoms with van der Waals surface area (Å²) in [6.07, 6.45) is 4.66. The largest absolute Gasteiger partial charge is 0.497 e. The number of urea groups is 1. The quantitative estimate of drug-likeness (QED) is 0.0566. The van der Waals surface area contributed by atoms with E-state index in [1.165, 1.54) is 0 Å². The molecule has 3 heterocycles. The molecule has 3 fully saturated rings. The molecule has 2 aromatic rings. The van der Waals surface area contributed by atoms with Crippen molar-refractivity contribution in [3.8, 4) is 11.5 Å². The van der Waals surface area contributed by atoms with Crippen molar-refractivity contribution in [1.82, 2.24) is 20.9 Å². The first-order valence-electron chi connectivity index (χ1n) is 20.9. The summed E-state index contributed by atoms with van der Waals surface area (Å²) in [6.45, 7) is 5.69. The van der Waals surface area contributed by atoms with Crippen LogP contribution in [0.15, 0.2) is 48.5 Å². The maximum Gasteiger partial charge on any atom is 0.315 e. The third-order valence-electron chi connectivity index (χ3n) is 10.4. The zero-order valence-corrected chi connectivity index (χ0v) is 35.4. The van der Waals surface area contributed by atoms with E-state index in [1.54, 1.807) is 43.5 Å². The number of nitrogens with two attached hydrogens (primary N) is 1. The normalized spacial score (nSPS) is 20.2.